The molecule has 3 aliphatic heterocycles. The molecule has 0 unspecified atom stereocenters. The van der Waals surface area contributed by atoms with Crippen LogP contribution in [0.3, 0.4) is 0 Å². The van der Waals surface area contributed by atoms with E-state index in [9.17, 15) is 0 Å². The summed E-state index contributed by atoms with van der Waals surface area (Å²) in [6.07, 6.45) is -1.93. The van der Waals surface area contributed by atoms with Gasteiger partial charge in [-0.2, -0.15) is 0 Å². The average Bonchev–Trinajstić information content (AvgIpc) is 3.29. The predicted molar refractivity (Wildman–Crippen MR) is 109 cm³/mol. The van der Waals surface area contributed by atoms with Crippen LogP contribution in [-0.2, 0) is 35.0 Å². The van der Waals surface area contributed by atoms with Crippen LogP contribution in [0.15, 0.2) is 16.6 Å². The topological polar surface area (TPSA) is 73.8 Å². The first-order valence-electron chi connectivity index (χ1n) is 9.97. The monoisotopic (exact) mass is 488 g/mol. The third kappa shape index (κ3) is 4.34. The Labute approximate surface area is 185 Å². The number of halogens is 1. The van der Waals surface area contributed by atoms with Gasteiger partial charge in [0.25, 0.3) is 0 Å². The van der Waals surface area contributed by atoms with E-state index in [2.05, 4.69) is 15.9 Å². The molecule has 0 aromatic heterocycles. The first kappa shape index (κ1) is 22.3. The van der Waals surface area contributed by atoms with Crippen molar-refractivity contribution in [3.05, 3.63) is 22.2 Å². The van der Waals surface area contributed by atoms with Crippen LogP contribution in [0.1, 0.15) is 33.3 Å². The molecule has 3 saturated heterocycles. The van der Waals surface area contributed by atoms with Crippen LogP contribution in [0.5, 0.6) is 11.5 Å². The Morgan fingerprint density at radius 1 is 0.967 bits per heavy atom. The normalized spacial score (nSPS) is 34.2. The number of benzene rings is 1. The number of methoxy groups -OCH3 is 2. The molecule has 9 heteroatoms. The Morgan fingerprint density at radius 3 is 2.30 bits per heavy atom. The minimum atomic E-state index is -0.738. The van der Waals surface area contributed by atoms with Gasteiger partial charge in [-0.25, -0.2) is 0 Å². The molecule has 0 spiro atoms. The summed E-state index contributed by atoms with van der Waals surface area (Å²) in [5.74, 6) is -0.127. The highest BCUT2D eigenvalue weighted by Crippen LogP contribution is 2.42. The molecule has 0 bridgehead atoms. The Hall–Kier alpha value is -0.940. The van der Waals surface area contributed by atoms with Gasteiger partial charge in [0, 0.05) is 4.47 Å². The average molecular weight is 489 g/mol. The third-order valence-corrected chi connectivity index (χ3v) is 6.15. The molecule has 1 aromatic carbocycles. The standard InChI is InChI=1S/C21H29BrO8/c1-20(2)26-10-15(28-20)16-17(18-19(27-16)30-21(3,4)29-18)25-9-11-7-13(23-5)14(24-6)8-12(11)22/h7-8,15-19H,9-10H2,1-6H3/t15-,16-,17+,18-,19-/m1/s1. The summed E-state index contributed by atoms with van der Waals surface area (Å²) in [6, 6.07) is 3.75. The Bertz CT molecular complexity index is 783. The van der Waals surface area contributed by atoms with Crippen LogP contribution < -0.4 is 9.47 Å². The first-order valence-corrected chi connectivity index (χ1v) is 10.8. The fraction of sp³-hybridized carbons (Fsp3) is 0.714. The van der Waals surface area contributed by atoms with Crippen LogP contribution in [0, 0.1) is 0 Å². The van der Waals surface area contributed by atoms with Crippen molar-refractivity contribution in [2.75, 3.05) is 20.8 Å². The summed E-state index contributed by atoms with van der Waals surface area (Å²) in [5, 5.41) is 0. The summed E-state index contributed by atoms with van der Waals surface area (Å²) >= 11 is 3.58. The lowest BCUT2D eigenvalue weighted by molar-refractivity contribution is -0.236. The lowest BCUT2D eigenvalue weighted by atomic mass is 10.1. The first-order chi connectivity index (χ1) is 14.1. The SMILES string of the molecule is COc1cc(Br)c(CO[C@@H]2[C@H]3OC(C)(C)O[C@H]3O[C@@H]2[C@H]2COC(C)(C)O2)cc1OC. The molecule has 30 heavy (non-hydrogen) atoms. The minimum absolute atomic E-state index is 0.278. The highest BCUT2D eigenvalue weighted by molar-refractivity contribution is 9.10. The van der Waals surface area contributed by atoms with E-state index < -0.39 is 17.9 Å². The Morgan fingerprint density at radius 2 is 1.67 bits per heavy atom. The van der Waals surface area contributed by atoms with Gasteiger partial charge >= 0.3 is 0 Å². The molecule has 168 valence electrons. The van der Waals surface area contributed by atoms with Crippen molar-refractivity contribution >= 4 is 15.9 Å². The van der Waals surface area contributed by atoms with Gasteiger partial charge in [-0.15, -0.1) is 0 Å². The minimum Gasteiger partial charge on any atom is -0.493 e. The summed E-state index contributed by atoms with van der Waals surface area (Å²) in [6.45, 7) is 8.23. The van der Waals surface area contributed by atoms with Gasteiger partial charge < -0.3 is 37.9 Å². The van der Waals surface area contributed by atoms with Crippen molar-refractivity contribution in [3.63, 3.8) is 0 Å². The highest BCUT2D eigenvalue weighted by atomic mass is 79.9. The number of hydrogen-bond donors (Lipinski definition) is 0. The van der Waals surface area contributed by atoms with Gasteiger partial charge in [-0.1, -0.05) is 15.9 Å². The quantitative estimate of drug-likeness (QED) is 0.603. The molecule has 3 fully saturated rings. The van der Waals surface area contributed by atoms with Gasteiger partial charge in [-0.3, -0.25) is 0 Å². The van der Waals surface area contributed by atoms with Crippen molar-refractivity contribution < 1.29 is 37.9 Å². The van der Waals surface area contributed by atoms with Crippen molar-refractivity contribution in [1.82, 2.24) is 0 Å². The van der Waals surface area contributed by atoms with Gasteiger partial charge in [0.15, 0.2) is 29.4 Å². The lowest BCUT2D eigenvalue weighted by Gasteiger charge is -2.29. The lowest BCUT2D eigenvalue weighted by Crippen LogP contribution is -2.44. The van der Waals surface area contributed by atoms with Crippen molar-refractivity contribution in [2.45, 2.75) is 76.6 Å². The molecule has 4 rings (SSSR count). The van der Waals surface area contributed by atoms with E-state index >= 15 is 0 Å². The third-order valence-electron chi connectivity index (χ3n) is 5.41. The molecular weight excluding hydrogens is 460 g/mol. The zero-order valence-corrected chi connectivity index (χ0v) is 19.7. The number of fused-ring (bicyclic) bond motifs is 1. The van der Waals surface area contributed by atoms with Crippen molar-refractivity contribution in [1.29, 1.82) is 0 Å². The van der Waals surface area contributed by atoms with Crippen LogP contribution in [0.4, 0.5) is 0 Å². The van der Waals surface area contributed by atoms with Crippen LogP contribution >= 0.6 is 15.9 Å². The van der Waals surface area contributed by atoms with Gasteiger partial charge in [0.2, 0.25) is 0 Å². The Balaban J connectivity index is 1.53. The predicted octanol–water partition coefficient (Wildman–Crippen LogP) is 3.38. The summed E-state index contributed by atoms with van der Waals surface area (Å²) in [7, 11) is 3.21. The van der Waals surface area contributed by atoms with Crippen LogP contribution in [0.25, 0.3) is 0 Å². The summed E-state index contributed by atoms with van der Waals surface area (Å²) in [5.41, 5.74) is 0.914. The molecule has 0 aliphatic carbocycles. The van der Waals surface area contributed by atoms with E-state index in [1.807, 2.05) is 39.8 Å². The zero-order chi connectivity index (χ0) is 21.7. The fourth-order valence-corrected chi connectivity index (χ4v) is 4.50. The van der Waals surface area contributed by atoms with E-state index in [1.54, 1.807) is 14.2 Å². The second kappa shape index (κ2) is 8.20. The van der Waals surface area contributed by atoms with Crippen molar-refractivity contribution in [2.24, 2.45) is 0 Å². The van der Waals surface area contributed by atoms with Gasteiger partial charge in [0.05, 0.1) is 27.4 Å². The van der Waals surface area contributed by atoms with E-state index in [4.69, 9.17) is 37.9 Å². The zero-order valence-electron chi connectivity index (χ0n) is 18.1. The number of ether oxygens (including phenoxy) is 8. The molecule has 8 nitrogen and oxygen atoms in total. The number of rotatable bonds is 6. The highest BCUT2D eigenvalue weighted by Gasteiger charge is 2.58. The molecule has 0 radical (unpaired) electrons. The smallest absolute Gasteiger partial charge is 0.190 e. The molecule has 1 aromatic rings. The summed E-state index contributed by atoms with van der Waals surface area (Å²) < 4.78 is 48.0. The van der Waals surface area contributed by atoms with Gasteiger partial charge in [-0.05, 0) is 45.4 Å². The van der Waals surface area contributed by atoms with E-state index in [1.165, 1.54) is 0 Å². The Kier molecular flexibility index (Phi) is 6.08. The van der Waals surface area contributed by atoms with Crippen LogP contribution in [-0.4, -0.2) is 63.1 Å². The molecule has 5 atom stereocenters. The van der Waals surface area contributed by atoms with E-state index in [-0.39, 0.29) is 24.4 Å². The van der Waals surface area contributed by atoms with Crippen molar-refractivity contribution in [3.8, 4) is 11.5 Å². The van der Waals surface area contributed by atoms with E-state index in [0.29, 0.717) is 24.7 Å². The molecule has 3 aliphatic rings. The van der Waals surface area contributed by atoms with Gasteiger partial charge in [0.1, 0.15) is 24.4 Å². The van der Waals surface area contributed by atoms with Crippen LogP contribution in [0.2, 0.25) is 0 Å². The molecule has 0 N–H and O–H groups in total. The molecule has 3 heterocycles. The van der Waals surface area contributed by atoms with E-state index in [0.717, 1.165) is 10.0 Å². The second-order valence-corrected chi connectivity index (χ2v) is 9.36. The summed E-state index contributed by atoms with van der Waals surface area (Å²) in [4.78, 5) is 0. The molecule has 0 amide bonds. The maximum Gasteiger partial charge on any atom is 0.190 e. The maximum absolute atomic E-state index is 6.35. The maximum atomic E-state index is 6.35. The largest absolute Gasteiger partial charge is 0.493 e. The molecular formula is C21H29BrO8. The second-order valence-electron chi connectivity index (χ2n) is 8.51. The molecule has 0 saturated carbocycles. The number of hydrogen-bond acceptors (Lipinski definition) is 8. The fourth-order valence-electron chi connectivity index (χ4n) is 4.06.